The number of methoxy groups -OCH3 is 1. The van der Waals surface area contributed by atoms with Gasteiger partial charge in [0, 0.05) is 10.0 Å². The SMILES string of the molecule is COc1ccc(Cl)cc1/C(N)=N/OC(=O)c1ccc(COc2ccc(Cl)cc2)o1. The van der Waals surface area contributed by atoms with Gasteiger partial charge >= 0.3 is 5.97 Å². The fourth-order valence-corrected chi connectivity index (χ4v) is 2.61. The molecule has 150 valence electrons. The van der Waals surface area contributed by atoms with E-state index in [0.717, 1.165) is 0 Å². The normalized spacial score (nSPS) is 11.2. The van der Waals surface area contributed by atoms with Crippen LogP contribution in [0.25, 0.3) is 0 Å². The van der Waals surface area contributed by atoms with Gasteiger partial charge in [0.05, 0.1) is 12.7 Å². The lowest BCUT2D eigenvalue weighted by Crippen LogP contribution is -2.16. The summed E-state index contributed by atoms with van der Waals surface area (Å²) in [4.78, 5) is 17.0. The molecular weight excluding hydrogens is 419 g/mol. The third-order valence-corrected chi connectivity index (χ3v) is 4.21. The van der Waals surface area contributed by atoms with Crippen molar-refractivity contribution in [2.45, 2.75) is 6.61 Å². The number of oxime groups is 1. The Labute approximate surface area is 176 Å². The average Bonchev–Trinajstić information content (AvgIpc) is 3.20. The molecule has 3 rings (SSSR count). The lowest BCUT2D eigenvalue weighted by molar-refractivity contribution is 0.0475. The number of carbonyl (C=O) groups excluding carboxylic acids is 1. The molecular formula is C20H16Cl2N2O5. The molecule has 0 aliphatic carbocycles. The molecule has 0 atom stereocenters. The second-order valence-electron chi connectivity index (χ2n) is 5.71. The number of nitrogens with two attached hydrogens (primary N) is 1. The van der Waals surface area contributed by atoms with Gasteiger partial charge in [-0.05, 0) is 54.6 Å². The zero-order valence-corrected chi connectivity index (χ0v) is 16.7. The van der Waals surface area contributed by atoms with Gasteiger partial charge in [-0.2, -0.15) is 0 Å². The number of ether oxygens (including phenoxy) is 2. The monoisotopic (exact) mass is 434 g/mol. The van der Waals surface area contributed by atoms with Crippen LogP contribution in [-0.4, -0.2) is 18.9 Å². The van der Waals surface area contributed by atoms with Crippen molar-refractivity contribution in [3.63, 3.8) is 0 Å². The molecule has 0 amide bonds. The second kappa shape index (κ2) is 9.36. The van der Waals surface area contributed by atoms with Crippen molar-refractivity contribution in [3.05, 3.63) is 81.7 Å². The van der Waals surface area contributed by atoms with Crippen LogP contribution >= 0.6 is 23.2 Å². The van der Waals surface area contributed by atoms with Crippen LogP contribution in [0.15, 0.2) is 64.2 Å². The molecule has 3 aromatic rings. The Balaban J connectivity index is 1.62. The lowest BCUT2D eigenvalue weighted by atomic mass is 10.2. The fraction of sp³-hybridized carbons (Fsp3) is 0.100. The van der Waals surface area contributed by atoms with Crippen LogP contribution in [0.4, 0.5) is 0 Å². The van der Waals surface area contributed by atoms with Gasteiger partial charge in [0.1, 0.15) is 23.9 Å². The molecule has 0 aliphatic heterocycles. The van der Waals surface area contributed by atoms with E-state index in [1.807, 2.05) is 0 Å². The molecule has 0 unspecified atom stereocenters. The first-order valence-electron chi connectivity index (χ1n) is 8.32. The van der Waals surface area contributed by atoms with Gasteiger partial charge in [0.25, 0.3) is 0 Å². The summed E-state index contributed by atoms with van der Waals surface area (Å²) in [5.74, 6) is 0.547. The molecule has 1 aromatic heterocycles. The van der Waals surface area contributed by atoms with Crippen molar-refractivity contribution >= 4 is 35.0 Å². The summed E-state index contributed by atoms with van der Waals surface area (Å²) in [6.07, 6.45) is 0. The van der Waals surface area contributed by atoms with Crippen LogP contribution < -0.4 is 15.2 Å². The molecule has 0 spiro atoms. The highest BCUT2D eigenvalue weighted by molar-refractivity contribution is 6.31. The smallest absolute Gasteiger partial charge is 0.400 e. The van der Waals surface area contributed by atoms with Crippen LogP contribution in [0.5, 0.6) is 11.5 Å². The van der Waals surface area contributed by atoms with E-state index in [2.05, 4.69) is 5.16 Å². The number of benzene rings is 2. The van der Waals surface area contributed by atoms with Gasteiger partial charge in [-0.15, -0.1) is 0 Å². The van der Waals surface area contributed by atoms with Gasteiger partial charge in [-0.1, -0.05) is 28.4 Å². The molecule has 7 nitrogen and oxygen atoms in total. The Morgan fingerprint density at radius 3 is 2.52 bits per heavy atom. The molecule has 0 radical (unpaired) electrons. The fourth-order valence-electron chi connectivity index (χ4n) is 2.32. The van der Waals surface area contributed by atoms with Gasteiger partial charge in [0.2, 0.25) is 5.76 Å². The summed E-state index contributed by atoms with van der Waals surface area (Å²) in [5.41, 5.74) is 6.26. The molecule has 0 bridgehead atoms. The Morgan fingerprint density at radius 1 is 1.07 bits per heavy atom. The van der Waals surface area contributed by atoms with Crippen molar-refractivity contribution < 1.29 is 23.5 Å². The topological polar surface area (TPSA) is 96.3 Å². The number of halogens is 2. The Kier molecular flexibility index (Phi) is 6.64. The maximum Gasteiger partial charge on any atom is 0.400 e. The maximum atomic E-state index is 12.1. The number of hydrogen-bond acceptors (Lipinski definition) is 6. The highest BCUT2D eigenvalue weighted by atomic mass is 35.5. The van der Waals surface area contributed by atoms with Crippen molar-refractivity contribution in [3.8, 4) is 11.5 Å². The molecule has 2 N–H and O–H groups in total. The van der Waals surface area contributed by atoms with E-state index in [4.69, 9.17) is 47.7 Å². The maximum absolute atomic E-state index is 12.1. The highest BCUT2D eigenvalue weighted by Gasteiger charge is 2.15. The van der Waals surface area contributed by atoms with Crippen LogP contribution in [0.2, 0.25) is 10.0 Å². The molecule has 1 heterocycles. The minimum Gasteiger partial charge on any atom is -0.496 e. The van der Waals surface area contributed by atoms with Crippen molar-refractivity contribution in [2.75, 3.05) is 7.11 Å². The Morgan fingerprint density at radius 2 is 1.79 bits per heavy atom. The average molecular weight is 435 g/mol. The predicted octanol–water partition coefficient (Wildman–Crippen LogP) is 4.65. The summed E-state index contributed by atoms with van der Waals surface area (Å²) in [7, 11) is 1.47. The largest absolute Gasteiger partial charge is 0.496 e. The third-order valence-electron chi connectivity index (χ3n) is 3.72. The van der Waals surface area contributed by atoms with Gasteiger partial charge < -0.3 is 24.5 Å². The lowest BCUT2D eigenvalue weighted by Gasteiger charge is -2.07. The Bertz CT molecular complexity index is 1030. The summed E-state index contributed by atoms with van der Waals surface area (Å²) in [5, 5.41) is 4.67. The molecule has 0 saturated heterocycles. The number of hydrogen-bond donors (Lipinski definition) is 1. The molecule has 2 aromatic carbocycles. The first-order valence-corrected chi connectivity index (χ1v) is 9.07. The van der Waals surface area contributed by atoms with E-state index < -0.39 is 5.97 Å². The van der Waals surface area contributed by atoms with Crippen LogP contribution in [0.3, 0.4) is 0 Å². The van der Waals surface area contributed by atoms with Gasteiger partial charge in [-0.25, -0.2) is 4.79 Å². The van der Waals surface area contributed by atoms with Gasteiger partial charge in [-0.3, -0.25) is 0 Å². The van der Waals surface area contributed by atoms with Crippen LogP contribution in [0, 0.1) is 0 Å². The zero-order chi connectivity index (χ0) is 20.8. The molecule has 0 aliphatic rings. The molecule has 9 heteroatoms. The van der Waals surface area contributed by atoms with E-state index in [1.165, 1.54) is 13.2 Å². The van der Waals surface area contributed by atoms with E-state index in [1.54, 1.807) is 48.5 Å². The van der Waals surface area contributed by atoms with Crippen molar-refractivity contribution in [2.24, 2.45) is 10.9 Å². The molecule has 0 fully saturated rings. The number of carbonyl (C=O) groups is 1. The zero-order valence-electron chi connectivity index (χ0n) is 15.2. The van der Waals surface area contributed by atoms with E-state index >= 15 is 0 Å². The van der Waals surface area contributed by atoms with E-state index in [0.29, 0.717) is 32.9 Å². The van der Waals surface area contributed by atoms with Gasteiger partial charge in [0.15, 0.2) is 5.84 Å². The molecule has 0 saturated carbocycles. The number of rotatable bonds is 7. The second-order valence-corrected chi connectivity index (χ2v) is 6.58. The van der Waals surface area contributed by atoms with Crippen molar-refractivity contribution in [1.29, 1.82) is 0 Å². The number of amidine groups is 1. The van der Waals surface area contributed by atoms with E-state index in [-0.39, 0.29) is 18.2 Å². The molecule has 29 heavy (non-hydrogen) atoms. The van der Waals surface area contributed by atoms with Crippen LogP contribution in [-0.2, 0) is 11.4 Å². The first-order chi connectivity index (χ1) is 14.0. The summed E-state index contributed by atoms with van der Waals surface area (Å²) in [6.45, 7) is 0.125. The quantitative estimate of drug-likeness (QED) is 0.251. The highest BCUT2D eigenvalue weighted by Crippen LogP contribution is 2.22. The number of nitrogens with zero attached hydrogens (tertiary/aromatic N) is 1. The summed E-state index contributed by atoms with van der Waals surface area (Å²) >= 11 is 11.8. The Hall–Kier alpha value is -3.16. The number of furan rings is 1. The van der Waals surface area contributed by atoms with Crippen LogP contribution in [0.1, 0.15) is 21.9 Å². The standard InChI is InChI=1S/C20H16Cl2N2O5/c1-26-17-8-4-13(22)10-16(17)19(23)24-29-20(25)18-9-7-15(28-18)11-27-14-5-2-12(21)3-6-14/h2-10H,11H2,1H3,(H2,23,24). The van der Waals surface area contributed by atoms with E-state index in [9.17, 15) is 4.79 Å². The minimum atomic E-state index is -0.813. The van der Waals surface area contributed by atoms with Crippen molar-refractivity contribution in [1.82, 2.24) is 0 Å². The summed E-state index contributed by atoms with van der Waals surface area (Å²) < 4.78 is 16.2. The minimum absolute atomic E-state index is 0.0469. The predicted molar refractivity (Wildman–Crippen MR) is 109 cm³/mol. The summed E-state index contributed by atoms with van der Waals surface area (Å²) in [6, 6.07) is 14.7. The first kappa shape index (κ1) is 20.6. The third kappa shape index (κ3) is 5.43.